The minimum atomic E-state index is -4.68. The molecule has 0 bridgehead atoms. The van der Waals surface area contributed by atoms with Crippen molar-refractivity contribution in [2.45, 2.75) is 56.8 Å². The van der Waals surface area contributed by atoms with Crippen LogP contribution in [0, 0.1) is 12.8 Å². The van der Waals surface area contributed by atoms with Crippen molar-refractivity contribution in [3.8, 4) is 0 Å². The van der Waals surface area contributed by atoms with Crippen LogP contribution in [0.1, 0.15) is 49.4 Å². The highest BCUT2D eigenvalue weighted by molar-refractivity contribution is 7.87. The molecule has 1 aromatic heterocycles. The van der Waals surface area contributed by atoms with E-state index in [2.05, 4.69) is 4.98 Å². The Bertz CT molecular complexity index is 980. The van der Waals surface area contributed by atoms with E-state index in [-0.39, 0.29) is 6.10 Å². The normalized spacial score (nSPS) is 22.7. The molecule has 1 aliphatic rings. The van der Waals surface area contributed by atoms with Crippen LogP contribution in [0.5, 0.6) is 0 Å². The lowest BCUT2D eigenvalue weighted by Crippen LogP contribution is -2.46. The van der Waals surface area contributed by atoms with Crippen LogP contribution in [0.4, 0.5) is 0 Å². The molecule has 0 amide bonds. The lowest BCUT2D eigenvalue weighted by molar-refractivity contribution is -0.112. The average molecular weight is 406 g/mol. The quantitative estimate of drug-likeness (QED) is 0.583. The first-order chi connectivity index (χ1) is 13.3. The monoisotopic (exact) mass is 405 g/mol. The molecule has 1 saturated carbocycles. The molecule has 1 aromatic carbocycles. The molecule has 1 N–H and O–H groups in total. The fourth-order valence-corrected chi connectivity index (χ4v) is 5.67. The van der Waals surface area contributed by atoms with Gasteiger partial charge in [-0.3, -0.25) is 9.54 Å². The van der Waals surface area contributed by atoms with Crippen LogP contribution in [-0.4, -0.2) is 37.5 Å². The van der Waals surface area contributed by atoms with Gasteiger partial charge in [-0.05, 0) is 74.3 Å². The summed E-state index contributed by atoms with van der Waals surface area (Å²) >= 11 is 0. The minimum absolute atomic E-state index is 0.0536. The van der Waals surface area contributed by atoms with Crippen molar-refractivity contribution >= 4 is 27.3 Å². The van der Waals surface area contributed by atoms with Crippen molar-refractivity contribution in [3.05, 3.63) is 41.1 Å². The van der Waals surface area contributed by atoms with Gasteiger partial charge in [0.25, 0.3) is 10.1 Å². The van der Waals surface area contributed by atoms with E-state index in [1.54, 1.807) is 25.3 Å². The largest absolute Gasteiger partial charge is 0.381 e. The fraction of sp³-hybridized carbons (Fsp3) is 0.524. The van der Waals surface area contributed by atoms with Crippen LogP contribution < -0.4 is 0 Å². The first kappa shape index (κ1) is 20.9. The molecule has 152 valence electrons. The zero-order chi connectivity index (χ0) is 20.5. The topological polar surface area (TPSA) is 93.6 Å². The van der Waals surface area contributed by atoms with Crippen LogP contribution in [-0.2, 0) is 30.8 Å². The molecule has 2 aromatic rings. The van der Waals surface area contributed by atoms with Crippen molar-refractivity contribution in [2.75, 3.05) is 7.11 Å². The lowest BCUT2D eigenvalue weighted by Gasteiger charge is -2.38. The summed E-state index contributed by atoms with van der Waals surface area (Å²) < 4.78 is 38.6. The molecule has 28 heavy (non-hydrogen) atoms. The average Bonchev–Trinajstić information content (AvgIpc) is 2.68. The summed E-state index contributed by atoms with van der Waals surface area (Å²) in [6, 6.07) is 6.99. The Hall–Kier alpha value is -1.83. The van der Waals surface area contributed by atoms with Gasteiger partial charge in [0, 0.05) is 18.2 Å². The minimum Gasteiger partial charge on any atom is -0.381 e. The summed E-state index contributed by atoms with van der Waals surface area (Å²) in [7, 11) is -3.05. The van der Waals surface area contributed by atoms with E-state index in [0.717, 1.165) is 28.6 Å². The summed E-state index contributed by atoms with van der Waals surface area (Å²) in [5.41, 5.74) is 3.02. The SMILES string of the molecule is CCc1cc2cc(C(C=O)(C3CCC(OC)CC3)S(=O)(=O)O)ccc2nc1C. The van der Waals surface area contributed by atoms with Crippen molar-refractivity contribution < 1.29 is 22.5 Å². The van der Waals surface area contributed by atoms with Gasteiger partial charge in [-0.25, -0.2) is 0 Å². The number of hydrogen-bond donors (Lipinski definition) is 1. The highest BCUT2D eigenvalue weighted by Crippen LogP contribution is 2.44. The molecule has 0 spiro atoms. The molecule has 6 nitrogen and oxygen atoms in total. The van der Waals surface area contributed by atoms with Crippen LogP contribution in [0.3, 0.4) is 0 Å². The molecule has 3 rings (SSSR count). The van der Waals surface area contributed by atoms with E-state index in [1.165, 1.54) is 0 Å². The second-order valence-corrected chi connectivity index (χ2v) is 9.21. The van der Waals surface area contributed by atoms with Gasteiger partial charge in [0.2, 0.25) is 0 Å². The van der Waals surface area contributed by atoms with Gasteiger partial charge in [-0.15, -0.1) is 0 Å². The third-order valence-electron chi connectivity index (χ3n) is 6.16. The number of benzene rings is 1. The third kappa shape index (κ3) is 3.47. The second kappa shape index (κ2) is 7.89. The summed E-state index contributed by atoms with van der Waals surface area (Å²) in [4.78, 5) is 16.8. The number of aromatic nitrogens is 1. The van der Waals surface area contributed by atoms with E-state index >= 15 is 0 Å². The Labute approximate surface area is 166 Å². The van der Waals surface area contributed by atoms with Gasteiger partial charge in [0.05, 0.1) is 11.6 Å². The lowest BCUT2D eigenvalue weighted by atomic mass is 9.75. The second-order valence-electron chi connectivity index (χ2n) is 7.59. The molecule has 1 unspecified atom stereocenters. The molecule has 1 aliphatic carbocycles. The number of carbonyl (C=O) groups excluding carboxylic acids is 1. The third-order valence-corrected chi connectivity index (χ3v) is 7.68. The number of fused-ring (bicyclic) bond motifs is 1. The van der Waals surface area contributed by atoms with Crippen LogP contribution in [0.25, 0.3) is 10.9 Å². The number of hydrogen-bond acceptors (Lipinski definition) is 5. The van der Waals surface area contributed by atoms with Gasteiger partial charge in [0.1, 0.15) is 6.29 Å². The number of ether oxygens (including phenoxy) is 1. The molecule has 1 heterocycles. The fourth-order valence-electron chi connectivity index (χ4n) is 4.47. The summed E-state index contributed by atoms with van der Waals surface area (Å²) in [5, 5.41) is 0.764. The maximum absolute atomic E-state index is 12.5. The highest BCUT2D eigenvalue weighted by atomic mass is 32.2. The molecule has 0 aliphatic heterocycles. The number of aldehydes is 1. The van der Waals surface area contributed by atoms with Crippen LogP contribution >= 0.6 is 0 Å². The van der Waals surface area contributed by atoms with Gasteiger partial charge in [-0.2, -0.15) is 8.42 Å². The molecule has 0 radical (unpaired) electrons. The molecule has 1 atom stereocenters. The van der Waals surface area contributed by atoms with Gasteiger partial charge in [0.15, 0.2) is 4.75 Å². The maximum Gasteiger partial charge on any atom is 0.282 e. The number of rotatable bonds is 6. The Morgan fingerprint density at radius 1 is 1.25 bits per heavy atom. The Balaban J connectivity index is 2.15. The van der Waals surface area contributed by atoms with Crippen molar-refractivity contribution in [1.29, 1.82) is 0 Å². The van der Waals surface area contributed by atoms with Crippen LogP contribution in [0.2, 0.25) is 0 Å². The number of pyridine rings is 1. The molecular formula is C21H27NO5S. The predicted octanol–water partition coefficient (Wildman–Crippen LogP) is 3.59. The van der Waals surface area contributed by atoms with Crippen LogP contribution in [0.15, 0.2) is 24.3 Å². The summed E-state index contributed by atoms with van der Waals surface area (Å²) in [5.74, 6) is -0.507. The molecule has 1 fully saturated rings. The number of carbonyl (C=O) groups is 1. The smallest absolute Gasteiger partial charge is 0.282 e. The van der Waals surface area contributed by atoms with E-state index in [1.807, 2.05) is 19.9 Å². The first-order valence-electron chi connectivity index (χ1n) is 9.63. The van der Waals surface area contributed by atoms with E-state index < -0.39 is 20.8 Å². The number of methoxy groups -OCH3 is 1. The van der Waals surface area contributed by atoms with E-state index in [9.17, 15) is 17.8 Å². The Kier molecular flexibility index (Phi) is 5.89. The maximum atomic E-state index is 12.5. The predicted molar refractivity (Wildman–Crippen MR) is 108 cm³/mol. The summed E-state index contributed by atoms with van der Waals surface area (Å²) in [6.45, 7) is 3.97. The van der Waals surface area contributed by atoms with Crippen molar-refractivity contribution in [2.24, 2.45) is 5.92 Å². The van der Waals surface area contributed by atoms with Gasteiger partial charge in [-0.1, -0.05) is 13.0 Å². The number of nitrogens with zero attached hydrogens (tertiary/aromatic N) is 1. The van der Waals surface area contributed by atoms with Crippen molar-refractivity contribution in [3.63, 3.8) is 0 Å². The highest BCUT2D eigenvalue weighted by Gasteiger charge is 2.52. The van der Waals surface area contributed by atoms with E-state index in [4.69, 9.17) is 4.74 Å². The standard InChI is InChI=1S/C21H27NO5S/c1-4-15-11-16-12-18(7-10-20(16)22-14(15)2)21(13-23,28(24,25)26)17-5-8-19(27-3)9-6-17/h7,10-13,17,19H,4-6,8-9H2,1-3H3,(H,24,25,26). The number of aryl methyl sites for hydroxylation is 2. The van der Waals surface area contributed by atoms with Crippen molar-refractivity contribution in [1.82, 2.24) is 4.98 Å². The van der Waals surface area contributed by atoms with Gasteiger partial charge < -0.3 is 9.53 Å². The Morgan fingerprint density at radius 3 is 2.46 bits per heavy atom. The molecule has 7 heteroatoms. The first-order valence-corrected chi connectivity index (χ1v) is 11.1. The van der Waals surface area contributed by atoms with E-state index in [0.29, 0.717) is 37.5 Å². The zero-order valence-electron chi connectivity index (χ0n) is 16.5. The molecular weight excluding hydrogens is 378 g/mol. The Morgan fingerprint density at radius 2 is 1.93 bits per heavy atom. The zero-order valence-corrected chi connectivity index (χ0v) is 17.3. The molecule has 0 saturated heterocycles. The van der Waals surface area contributed by atoms with Gasteiger partial charge >= 0.3 is 0 Å². The summed E-state index contributed by atoms with van der Waals surface area (Å²) in [6.07, 6.45) is 3.54.